The topological polar surface area (TPSA) is 83.5 Å². The molecule has 0 aromatic heterocycles. The molecular weight excluding hydrogens is 254 g/mol. The van der Waals surface area contributed by atoms with Crippen molar-refractivity contribution in [1.29, 1.82) is 0 Å². The first-order valence-corrected chi connectivity index (χ1v) is 7.15. The number of sulfonamides is 1. The van der Waals surface area contributed by atoms with Crippen LogP contribution in [-0.2, 0) is 20.6 Å². The van der Waals surface area contributed by atoms with Gasteiger partial charge in [-0.25, -0.2) is 13.1 Å². The zero-order valence-electron chi connectivity index (χ0n) is 10.6. The maximum Gasteiger partial charge on any atom is 0.321 e. The molecule has 1 aromatic rings. The number of rotatable bonds is 5. The minimum Gasteiger partial charge on any atom is -0.480 e. The Kier molecular flexibility index (Phi) is 4.48. The number of benzene rings is 1. The summed E-state index contributed by atoms with van der Waals surface area (Å²) in [4.78, 5) is 10.6. The van der Waals surface area contributed by atoms with Crippen LogP contribution in [0.2, 0.25) is 0 Å². The summed E-state index contributed by atoms with van der Waals surface area (Å²) in [7, 11) is -3.64. The summed E-state index contributed by atoms with van der Waals surface area (Å²) in [6.07, 6.45) is 0. The molecule has 0 fully saturated rings. The molecule has 1 atom stereocenters. The molecule has 0 radical (unpaired) electrons. The van der Waals surface area contributed by atoms with Gasteiger partial charge >= 0.3 is 5.97 Å². The molecule has 2 N–H and O–H groups in total. The number of hydrogen-bond donors (Lipinski definition) is 2. The summed E-state index contributed by atoms with van der Waals surface area (Å²) in [6, 6.07) is 4.25. The van der Waals surface area contributed by atoms with Crippen molar-refractivity contribution in [2.24, 2.45) is 0 Å². The number of aryl methyl sites for hydroxylation is 2. The highest BCUT2D eigenvalue weighted by Gasteiger charge is 2.19. The zero-order valence-corrected chi connectivity index (χ0v) is 11.4. The van der Waals surface area contributed by atoms with Crippen LogP contribution in [0.5, 0.6) is 0 Å². The second-order valence-corrected chi connectivity index (χ2v) is 6.11. The van der Waals surface area contributed by atoms with E-state index in [1.54, 1.807) is 12.1 Å². The molecule has 0 unspecified atom stereocenters. The van der Waals surface area contributed by atoms with Crippen LogP contribution in [0.4, 0.5) is 0 Å². The van der Waals surface area contributed by atoms with E-state index >= 15 is 0 Å². The predicted molar refractivity (Wildman–Crippen MR) is 68.8 cm³/mol. The first-order valence-electron chi connectivity index (χ1n) is 5.50. The molecule has 0 amide bonds. The first kappa shape index (κ1) is 14.7. The molecule has 18 heavy (non-hydrogen) atoms. The average molecular weight is 271 g/mol. The van der Waals surface area contributed by atoms with Crippen LogP contribution in [0.3, 0.4) is 0 Å². The number of carbonyl (C=O) groups is 1. The molecule has 0 saturated heterocycles. The number of hydrogen-bond acceptors (Lipinski definition) is 3. The summed E-state index contributed by atoms with van der Waals surface area (Å²) in [6.45, 7) is 5.14. The van der Waals surface area contributed by atoms with Crippen molar-refractivity contribution >= 4 is 16.0 Å². The lowest BCUT2D eigenvalue weighted by molar-refractivity contribution is -0.138. The zero-order chi connectivity index (χ0) is 13.9. The molecule has 5 nitrogen and oxygen atoms in total. The van der Waals surface area contributed by atoms with Gasteiger partial charge in [-0.05, 0) is 37.5 Å². The predicted octanol–water partition coefficient (Wildman–Crippen LogP) is 1.20. The van der Waals surface area contributed by atoms with Crippen LogP contribution in [0.15, 0.2) is 18.2 Å². The van der Waals surface area contributed by atoms with Crippen LogP contribution in [0, 0.1) is 13.8 Å². The lowest BCUT2D eigenvalue weighted by atomic mass is 10.1. The molecule has 0 aliphatic carbocycles. The van der Waals surface area contributed by atoms with Gasteiger partial charge in [0.25, 0.3) is 0 Å². The summed E-state index contributed by atoms with van der Waals surface area (Å²) in [5.74, 6) is -1.41. The fourth-order valence-corrected chi connectivity index (χ4v) is 2.82. The molecular formula is C12H17NO4S. The van der Waals surface area contributed by atoms with E-state index in [1.165, 1.54) is 6.92 Å². The van der Waals surface area contributed by atoms with Gasteiger partial charge in [-0.15, -0.1) is 0 Å². The minimum atomic E-state index is -3.64. The molecule has 1 rings (SSSR count). The van der Waals surface area contributed by atoms with Gasteiger partial charge in [0.1, 0.15) is 6.04 Å². The average Bonchev–Trinajstić information content (AvgIpc) is 2.22. The van der Waals surface area contributed by atoms with Gasteiger partial charge in [0.05, 0.1) is 5.75 Å². The van der Waals surface area contributed by atoms with Gasteiger partial charge in [-0.3, -0.25) is 4.79 Å². The number of carboxylic acid groups (broad SMARTS) is 1. The van der Waals surface area contributed by atoms with Crippen molar-refractivity contribution in [2.45, 2.75) is 32.6 Å². The van der Waals surface area contributed by atoms with Crippen LogP contribution in [-0.4, -0.2) is 25.5 Å². The largest absolute Gasteiger partial charge is 0.480 e. The van der Waals surface area contributed by atoms with Gasteiger partial charge in [-0.2, -0.15) is 0 Å². The second kappa shape index (κ2) is 5.49. The molecule has 0 heterocycles. The molecule has 0 saturated carbocycles. The van der Waals surface area contributed by atoms with Gasteiger partial charge in [-0.1, -0.05) is 18.2 Å². The third-order valence-electron chi connectivity index (χ3n) is 2.65. The standard InChI is InChI=1S/C12H17NO4S/c1-8-4-5-11(6-9(8)2)7-18(16,17)13-10(3)12(14)15/h4-6,10,13H,7H2,1-3H3,(H,14,15)/t10-/m0/s1. The molecule has 0 aliphatic rings. The molecule has 1 aromatic carbocycles. The normalized spacial score (nSPS) is 13.3. The molecule has 0 aliphatic heterocycles. The quantitative estimate of drug-likeness (QED) is 0.842. The van der Waals surface area contributed by atoms with E-state index in [-0.39, 0.29) is 5.75 Å². The highest BCUT2D eigenvalue weighted by molar-refractivity contribution is 7.88. The van der Waals surface area contributed by atoms with Gasteiger partial charge in [0.15, 0.2) is 0 Å². The summed E-state index contributed by atoms with van der Waals surface area (Å²) in [5, 5.41) is 8.66. The minimum absolute atomic E-state index is 0.217. The lowest BCUT2D eigenvalue weighted by Gasteiger charge is -2.11. The smallest absolute Gasteiger partial charge is 0.321 e. The molecule has 0 spiro atoms. The maximum atomic E-state index is 11.7. The molecule has 100 valence electrons. The van der Waals surface area contributed by atoms with Crippen molar-refractivity contribution in [3.05, 3.63) is 34.9 Å². The van der Waals surface area contributed by atoms with E-state index in [0.717, 1.165) is 11.1 Å². The van der Waals surface area contributed by atoms with Crippen molar-refractivity contribution in [3.8, 4) is 0 Å². The number of nitrogens with one attached hydrogen (secondary N) is 1. The Morgan fingerprint density at radius 2 is 1.94 bits per heavy atom. The van der Waals surface area contributed by atoms with Crippen LogP contribution >= 0.6 is 0 Å². The lowest BCUT2D eigenvalue weighted by Crippen LogP contribution is -2.38. The van der Waals surface area contributed by atoms with Gasteiger partial charge in [0, 0.05) is 0 Å². The van der Waals surface area contributed by atoms with E-state index in [0.29, 0.717) is 5.56 Å². The number of carboxylic acids is 1. The van der Waals surface area contributed by atoms with Crippen molar-refractivity contribution in [3.63, 3.8) is 0 Å². The van der Waals surface area contributed by atoms with Crippen LogP contribution < -0.4 is 4.72 Å². The Balaban J connectivity index is 2.82. The monoisotopic (exact) mass is 271 g/mol. The first-order chi connectivity index (χ1) is 8.21. The van der Waals surface area contributed by atoms with E-state index in [2.05, 4.69) is 4.72 Å². The highest BCUT2D eigenvalue weighted by atomic mass is 32.2. The van der Waals surface area contributed by atoms with Crippen molar-refractivity contribution in [1.82, 2.24) is 4.72 Å². The molecule has 0 bridgehead atoms. The van der Waals surface area contributed by atoms with E-state index < -0.39 is 22.0 Å². The molecule has 6 heteroatoms. The van der Waals surface area contributed by atoms with Crippen LogP contribution in [0.25, 0.3) is 0 Å². The Hall–Kier alpha value is -1.40. The Morgan fingerprint density at radius 1 is 1.33 bits per heavy atom. The summed E-state index contributed by atoms with van der Waals surface area (Å²) < 4.78 is 25.6. The third-order valence-corrected chi connectivity index (χ3v) is 4.08. The van der Waals surface area contributed by atoms with Crippen molar-refractivity contribution in [2.75, 3.05) is 0 Å². The van der Waals surface area contributed by atoms with E-state index in [4.69, 9.17) is 5.11 Å². The summed E-state index contributed by atoms with van der Waals surface area (Å²) >= 11 is 0. The van der Waals surface area contributed by atoms with E-state index in [9.17, 15) is 13.2 Å². The van der Waals surface area contributed by atoms with Gasteiger partial charge in [0.2, 0.25) is 10.0 Å². The number of aliphatic carboxylic acids is 1. The Morgan fingerprint density at radius 3 is 2.44 bits per heavy atom. The summed E-state index contributed by atoms with van der Waals surface area (Å²) in [5.41, 5.74) is 2.74. The fourth-order valence-electron chi connectivity index (χ4n) is 1.47. The van der Waals surface area contributed by atoms with Crippen molar-refractivity contribution < 1.29 is 18.3 Å². The fraction of sp³-hybridized carbons (Fsp3) is 0.417. The third kappa shape index (κ3) is 4.12. The van der Waals surface area contributed by atoms with E-state index in [1.807, 2.05) is 19.9 Å². The Bertz CT molecular complexity index is 551. The second-order valence-electron chi connectivity index (χ2n) is 4.36. The highest BCUT2D eigenvalue weighted by Crippen LogP contribution is 2.12. The Labute approximate surface area is 107 Å². The SMILES string of the molecule is Cc1ccc(CS(=O)(=O)N[C@@H](C)C(=O)O)cc1C. The van der Waals surface area contributed by atoms with Crippen LogP contribution in [0.1, 0.15) is 23.6 Å². The van der Waals surface area contributed by atoms with Gasteiger partial charge < -0.3 is 5.11 Å². The maximum absolute atomic E-state index is 11.7.